The summed E-state index contributed by atoms with van der Waals surface area (Å²) in [7, 11) is -1.19. The van der Waals surface area contributed by atoms with Crippen molar-refractivity contribution >= 4 is 15.7 Å². The number of nitrogens with one attached hydrogen (secondary N) is 1. The van der Waals surface area contributed by atoms with Crippen LogP contribution >= 0.6 is 0 Å². The van der Waals surface area contributed by atoms with Crippen LogP contribution in [-0.2, 0) is 14.6 Å². The van der Waals surface area contributed by atoms with Gasteiger partial charge in [0, 0.05) is 12.6 Å². The third-order valence-corrected chi connectivity index (χ3v) is 5.73. The van der Waals surface area contributed by atoms with E-state index in [1.54, 1.807) is 14.0 Å². The van der Waals surface area contributed by atoms with Crippen molar-refractivity contribution in [3.63, 3.8) is 0 Å². The maximum absolute atomic E-state index is 11.6. The van der Waals surface area contributed by atoms with Crippen molar-refractivity contribution in [1.82, 2.24) is 10.2 Å². The summed E-state index contributed by atoms with van der Waals surface area (Å²) in [5, 5.41) is 2.96. The fraction of sp³-hybridized carbons (Fsp3) is 0.917. The molecule has 1 aliphatic heterocycles. The van der Waals surface area contributed by atoms with E-state index in [9.17, 15) is 13.2 Å². The number of primary amides is 1. The van der Waals surface area contributed by atoms with Crippen LogP contribution in [0.4, 0.5) is 0 Å². The minimum Gasteiger partial charge on any atom is -0.368 e. The smallest absolute Gasteiger partial charge is 0.237 e. The quantitative estimate of drug-likeness (QED) is 0.702. The fourth-order valence-corrected chi connectivity index (χ4v) is 3.73. The van der Waals surface area contributed by atoms with Crippen LogP contribution in [0.2, 0.25) is 0 Å². The van der Waals surface area contributed by atoms with Crippen molar-refractivity contribution in [2.24, 2.45) is 5.73 Å². The molecule has 2 unspecified atom stereocenters. The van der Waals surface area contributed by atoms with Gasteiger partial charge in [-0.15, -0.1) is 0 Å². The molecule has 1 rings (SSSR count). The van der Waals surface area contributed by atoms with Crippen molar-refractivity contribution in [3.8, 4) is 0 Å². The van der Waals surface area contributed by atoms with Crippen molar-refractivity contribution < 1.29 is 13.2 Å². The highest BCUT2D eigenvalue weighted by Gasteiger charge is 2.33. The lowest BCUT2D eigenvalue weighted by atomic mass is 9.92. The van der Waals surface area contributed by atoms with E-state index >= 15 is 0 Å². The molecule has 3 N–H and O–H groups in total. The summed E-state index contributed by atoms with van der Waals surface area (Å²) < 4.78 is 23.2. The Morgan fingerprint density at radius 1 is 1.42 bits per heavy atom. The molecule has 112 valence electrons. The van der Waals surface area contributed by atoms with Gasteiger partial charge < -0.3 is 11.1 Å². The first-order valence-corrected chi connectivity index (χ1v) is 8.45. The SMILES string of the molecule is CNC(C)(CC(C)N1CCCS(=O)(=O)CC1)C(N)=O. The lowest BCUT2D eigenvalue weighted by molar-refractivity contribution is -0.124. The van der Waals surface area contributed by atoms with Crippen LogP contribution in [0.15, 0.2) is 0 Å². The van der Waals surface area contributed by atoms with Crippen molar-refractivity contribution in [2.75, 3.05) is 31.6 Å². The van der Waals surface area contributed by atoms with Gasteiger partial charge in [-0.25, -0.2) is 8.42 Å². The van der Waals surface area contributed by atoms with Gasteiger partial charge >= 0.3 is 0 Å². The largest absolute Gasteiger partial charge is 0.368 e. The van der Waals surface area contributed by atoms with Crippen molar-refractivity contribution in [2.45, 2.75) is 38.3 Å². The van der Waals surface area contributed by atoms with Gasteiger partial charge in [0.05, 0.1) is 17.0 Å². The highest BCUT2D eigenvalue weighted by atomic mass is 32.2. The van der Waals surface area contributed by atoms with Gasteiger partial charge in [-0.3, -0.25) is 9.69 Å². The minimum absolute atomic E-state index is 0.109. The summed E-state index contributed by atoms with van der Waals surface area (Å²) in [5.74, 6) is 0.0729. The van der Waals surface area contributed by atoms with E-state index in [2.05, 4.69) is 10.2 Å². The molecule has 1 heterocycles. The number of hydrogen-bond donors (Lipinski definition) is 2. The van der Waals surface area contributed by atoms with Gasteiger partial charge in [-0.2, -0.15) is 0 Å². The topological polar surface area (TPSA) is 92.5 Å². The summed E-state index contributed by atoms with van der Waals surface area (Å²) in [6.45, 7) is 5.07. The van der Waals surface area contributed by atoms with E-state index < -0.39 is 15.4 Å². The predicted molar refractivity (Wildman–Crippen MR) is 75.6 cm³/mol. The summed E-state index contributed by atoms with van der Waals surface area (Å²) >= 11 is 0. The Morgan fingerprint density at radius 3 is 2.58 bits per heavy atom. The molecule has 0 aromatic carbocycles. The molecular formula is C12H25N3O3S. The number of nitrogens with zero attached hydrogens (tertiary/aromatic N) is 1. The second kappa shape index (κ2) is 6.19. The van der Waals surface area contributed by atoms with Crippen LogP contribution in [0.25, 0.3) is 0 Å². The second-order valence-corrected chi connectivity index (χ2v) is 7.84. The van der Waals surface area contributed by atoms with Gasteiger partial charge in [0.25, 0.3) is 0 Å². The summed E-state index contributed by atoms with van der Waals surface area (Å²) in [4.78, 5) is 13.6. The second-order valence-electron chi connectivity index (χ2n) is 5.54. The molecule has 0 radical (unpaired) electrons. The Labute approximate surface area is 115 Å². The van der Waals surface area contributed by atoms with Gasteiger partial charge in [0.1, 0.15) is 0 Å². The Kier molecular flexibility index (Phi) is 5.34. The molecule has 0 saturated carbocycles. The standard InChI is InChI=1S/C12H25N3O3S/c1-10(9-12(2,14-3)11(13)16)15-5-4-7-19(17,18)8-6-15/h10,14H,4-9H2,1-3H3,(H2,13,16). The molecule has 1 aliphatic rings. The van der Waals surface area contributed by atoms with E-state index in [4.69, 9.17) is 5.73 Å². The number of amides is 1. The molecule has 0 aromatic heterocycles. The van der Waals surface area contributed by atoms with Crippen LogP contribution < -0.4 is 11.1 Å². The van der Waals surface area contributed by atoms with Crippen LogP contribution in [0.3, 0.4) is 0 Å². The molecule has 0 spiro atoms. The lowest BCUT2D eigenvalue weighted by Crippen LogP contribution is -2.55. The molecule has 0 aromatic rings. The van der Waals surface area contributed by atoms with Gasteiger partial charge in [-0.05, 0) is 40.3 Å². The highest BCUT2D eigenvalue weighted by Crippen LogP contribution is 2.18. The van der Waals surface area contributed by atoms with Gasteiger partial charge in [-0.1, -0.05) is 0 Å². The van der Waals surface area contributed by atoms with E-state index in [1.165, 1.54) is 0 Å². The maximum atomic E-state index is 11.6. The molecule has 7 heteroatoms. The van der Waals surface area contributed by atoms with Crippen LogP contribution in [0.1, 0.15) is 26.7 Å². The fourth-order valence-electron chi connectivity index (χ4n) is 2.44. The number of nitrogens with two attached hydrogens (primary N) is 1. The lowest BCUT2D eigenvalue weighted by Gasteiger charge is -2.34. The number of sulfone groups is 1. The first kappa shape index (κ1) is 16.4. The zero-order valence-electron chi connectivity index (χ0n) is 12.0. The highest BCUT2D eigenvalue weighted by molar-refractivity contribution is 7.91. The molecule has 0 bridgehead atoms. The molecule has 2 atom stereocenters. The zero-order chi connectivity index (χ0) is 14.7. The Bertz CT molecular complexity index is 424. The van der Waals surface area contributed by atoms with E-state index in [0.29, 0.717) is 19.4 Å². The third kappa shape index (κ3) is 4.43. The molecule has 6 nitrogen and oxygen atoms in total. The van der Waals surface area contributed by atoms with Crippen LogP contribution in [0.5, 0.6) is 0 Å². The van der Waals surface area contributed by atoms with Gasteiger partial charge in [0.15, 0.2) is 9.84 Å². The molecule has 1 fully saturated rings. The number of carbonyl (C=O) groups is 1. The monoisotopic (exact) mass is 291 g/mol. The number of hydrogen-bond acceptors (Lipinski definition) is 5. The van der Waals surface area contributed by atoms with Gasteiger partial charge in [0.2, 0.25) is 5.91 Å². The normalized spacial score (nSPS) is 25.2. The maximum Gasteiger partial charge on any atom is 0.237 e. The molecule has 0 aliphatic carbocycles. The van der Waals surface area contributed by atoms with Crippen LogP contribution in [-0.4, -0.2) is 62.4 Å². The van der Waals surface area contributed by atoms with E-state index in [0.717, 1.165) is 6.54 Å². The Balaban J connectivity index is 2.67. The average Bonchev–Trinajstić information content (AvgIpc) is 2.49. The van der Waals surface area contributed by atoms with Crippen molar-refractivity contribution in [1.29, 1.82) is 0 Å². The zero-order valence-corrected chi connectivity index (χ0v) is 12.8. The Morgan fingerprint density at radius 2 is 2.05 bits per heavy atom. The molecule has 19 heavy (non-hydrogen) atoms. The van der Waals surface area contributed by atoms with E-state index in [-0.39, 0.29) is 23.5 Å². The summed E-state index contributed by atoms with van der Waals surface area (Å²) in [6.07, 6.45) is 1.22. The third-order valence-electron chi connectivity index (χ3n) is 4.01. The minimum atomic E-state index is -2.90. The predicted octanol–water partition coefficient (Wildman–Crippen LogP) is -0.651. The first-order chi connectivity index (χ1) is 8.70. The summed E-state index contributed by atoms with van der Waals surface area (Å²) in [6, 6.07) is 0.109. The molecule has 1 saturated heterocycles. The Hall–Kier alpha value is -0.660. The number of carbonyl (C=O) groups excluding carboxylic acids is 1. The molecule has 1 amide bonds. The first-order valence-electron chi connectivity index (χ1n) is 6.63. The van der Waals surface area contributed by atoms with Crippen LogP contribution in [0, 0.1) is 0 Å². The van der Waals surface area contributed by atoms with Crippen molar-refractivity contribution in [3.05, 3.63) is 0 Å². The molecular weight excluding hydrogens is 266 g/mol. The summed E-state index contributed by atoms with van der Waals surface area (Å²) in [5.41, 5.74) is 4.66. The number of likely N-dealkylation sites (N-methyl/N-ethyl adjacent to an activating group) is 1. The average molecular weight is 291 g/mol. The number of rotatable bonds is 5. The van der Waals surface area contributed by atoms with E-state index in [1.807, 2.05) is 6.92 Å².